The molecule has 128 valence electrons. The molecular weight excluding hydrogens is 318 g/mol. The van der Waals surface area contributed by atoms with Crippen molar-refractivity contribution in [3.8, 4) is 5.75 Å². The van der Waals surface area contributed by atoms with E-state index in [-0.39, 0.29) is 23.0 Å². The molecule has 2 atom stereocenters. The summed E-state index contributed by atoms with van der Waals surface area (Å²) in [6.45, 7) is 0.979. The summed E-state index contributed by atoms with van der Waals surface area (Å²) in [5.41, 5.74) is 0.945. The first-order chi connectivity index (χ1) is 11.2. The van der Waals surface area contributed by atoms with Gasteiger partial charge in [-0.3, -0.25) is 4.79 Å². The van der Waals surface area contributed by atoms with Gasteiger partial charge in [-0.15, -0.1) is 0 Å². The quantitative estimate of drug-likeness (QED) is 0.891. The second kappa shape index (κ2) is 5.89. The van der Waals surface area contributed by atoms with Gasteiger partial charge >= 0.3 is 12.6 Å². The number of carbonyl (C=O) groups excluding carboxylic acids is 2. The van der Waals surface area contributed by atoms with Crippen LogP contribution >= 0.6 is 0 Å². The predicted molar refractivity (Wildman–Crippen MR) is 82.5 cm³/mol. The lowest BCUT2D eigenvalue weighted by molar-refractivity contribution is -0.125. The average molecular weight is 336 g/mol. The van der Waals surface area contributed by atoms with E-state index in [9.17, 15) is 18.4 Å². The van der Waals surface area contributed by atoms with Crippen molar-refractivity contribution in [3.05, 3.63) is 41.6 Å². The summed E-state index contributed by atoms with van der Waals surface area (Å²) in [5.74, 6) is -0.443. The lowest BCUT2D eigenvalue weighted by atomic mass is 9.72. The SMILES string of the molecule is CC1(C)C=C2NC(=O)N[C@H](c3ccc(OC(F)F)cc3)[C@H]2C(=O)C1. The van der Waals surface area contributed by atoms with E-state index < -0.39 is 18.6 Å². The van der Waals surface area contributed by atoms with E-state index in [1.165, 1.54) is 12.1 Å². The van der Waals surface area contributed by atoms with Crippen molar-refractivity contribution in [3.63, 3.8) is 0 Å². The molecule has 5 nitrogen and oxygen atoms in total. The number of hydrogen-bond donors (Lipinski definition) is 2. The number of fused-ring (bicyclic) bond motifs is 1. The minimum absolute atomic E-state index is 0.0286. The zero-order chi connectivity index (χ0) is 17.5. The molecule has 1 aromatic carbocycles. The van der Waals surface area contributed by atoms with Gasteiger partial charge in [0.25, 0.3) is 0 Å². The first-order valence-corrected chi connectivity index (χ1v) is 7.63. The van der Waals surface area contributed by atoms with Gasteiger partial charge in [-0.05, 0) is 23.1 Å². The predicted octanol–water partition coefficient (Wildman–Crippen LogP) is 3.14. The fourth-order valence-electron chi connectivity index (χ4n) is 3.30. The molecule has 7 heteroatoms. The fraction of sp³-hybridized carbons (Fsp3) is 0.412. The van der Waals surface area contributed by atoms with Crippen molar-refractivity contribution in [2.45, 2.75) is 32.9 Å². The number of amides is 2. The zero-order valence-corrected chi connectivity index (χ0v) is 13.3. The van der Waals surface area contributed by atoms with Crippen LogP contribution in [0.25, 0.3) is 0 Å². The molecule has 1 aliphatic carbocycles. The molecule has 1 fully saturated rings. The van der Waals surface area contributed by atoms with Crippen LogP contribution in [0.4, 0.5) is 13.6 Å². The first kappa shape index (κ1) is 16.4. The summed E-state index contributed by atoms with van der Waals surface area (Å²) < 4.78 is 28.8. The molecule has 2 aliphatic rings. The smallest absolute Gasteiger partial charge is 0.387 e. The van der Waals surface area contributed by atoms with Crippen LogP contribution in [0.5, 0.6) is 5.75 Å². The van der Waals surface area contributed by atoms with Crippen LogP contribution in [0.2, 0.25) is 0 Å². The summed E-state index contributed by atoms with van der Waals surface area (Å²) in [7, 11) is 0. The Labute approximate surface area is 138 Å². The number of ketones is 1. The summed E-state index contributed by atoms with van der Waals surface area (Å²) in [6, 6.07) is 5.04. The van der Waals surface area contributed by atoms with E-state index in [0.717, 1.165) is 0 Å². The van der Waals surface area contributed by atoms with Crippen molar-refractivity contribution in [1.82, 2.24) is 10.6 Å². The summed E-state index contributed by atoms with van der Waals surface area (Å²) in [5, 5.41) is 5.46. The maximum Gasteiger partial charge on any atom is 0.387 e. The Morgan fingerprint density at radius 2 is 1.88 bits per heavy atom. The van der Waals surface area contributed by atoms with Crippen LogP contribution in [0.3, 0.4) is 0 Å². The molecule has 1 saturated heterocycles. The average Bonchev–Trinajstić information content (AvgIpc) is 2.44. The Morgan fingerprint density at radius 1 is 1.21 bits per heavy atom. The molecular formula is C17H18F2N2O3. The van der Waals surface area contributed by atoms with Crippen molar-refractivity contribution < 1.29 is 23.1 Å². The molecule has 0 aromatic heterocycles. The third-order valence-electron chi connectivity index (χ3n) is 4.20. The van der Waals surface area contributed by atoms with Gasteiger partial charge < -0.3 is 15.4 Å². The molecule has 3 rings (SSSR count). The van der Waals surface area contributed by atoms with E-state index in [1.807, 2.05) is 19.9 Å². The molecule has 0 spiro atoms. The van der Waals surface area contributed by atoms with Gasteiger partial charge in [-0.2, -0.15) is 8.78 Å². The molecule has 0 radical (unpaired) electrons. The number of carbonyl (C=O) groups is 2. The molecule has 1 heterocycles. The Hall–Kier alpha value is -2.44. The molecule has 0 unspecified atom stereocenters. The molecule has 1 aliphatic heterocycles. The van der Waals surface area contributed by atoms with Crippen LogP contribution in [0, 0.1) is 11.3 Å². The van der Waals surface area contributed by atoms with E-state index >= 15 is 0 Å². The largest absolute Gasteiger partial charge is 0.435 e. The van der Waals surface area contributed by atoms with Crippen LogP contribution < -0.4 is 15.4 Å². The Morgan fingerprint density at radius 3 is 2.50 bits per heavy atom. The van der Waals surface area contributed by atoms with Crippen LogP contribution in [-0.4, -0.2) is 18.4 Å². The number of hydrogen-bond acceptors (Lipinski definition) is 3. The van der Waals surface area contributed by atoms with Gasteiger partial charge in [0.1, 0.15) is 11.5 Å². The number of alkyl halides is 2. The van der Waals surface area contributed by atoms with E-state index in [2.05, 4.69) is 15.4 Å². The molecule has 0 saturated carbocycles. The molecule has 0 bridgehead atoms. The Bertz CT molecular complexity index is 698. The number of allylic oxidation sites excluding steroid dienone is 1. The highest BCUT2D eigenvalue weighted by Crippen LogP contribution is 2.40. The van der Waals surface area contributed by atoms with Gasteiger partial charge in [-0.1, -0.05) is 32.1 Å². The molecule has 24 heavy (non-hydrogen) atoms. The van der Waals surface area contributed by atoms with Crippen LogP contribution in [0.15, 0.2) is 36.0 Å². The Balaban J connectivity index is 1.92. The number of nitrogens with one attached hydrogen (secondary N) is 2. The van der Waals surface area contributed by atoms with Crippen molar-refractivity contribution in [2.24, 2.45) is 11.3 Å². The summed E-state index contributed by atoms with van der Waals surface area (Å²) in [4.78, 5) is 24.5. The van der Waals surface area contributed by atoms with Gasteiger partial charge in [0.15, 0.2) is 0 Å². The number of rotatable bonds is 3. The van der Waals surface area contributed by atoms with Gasteiger partial charge in [-0.25, -0.2) is 4.79 Å². The number of benzene rings is 1. The lowest BCUT2D eigenvalue weighted by Gasteiger charge is -2.40. The molecule has 2 N–H and O–H groups in total. The maximum atomic E-state index is 12.6. The molecule has 1 aromatic rings. The minimum atomic E-state index is -2.90. The third kappa shape index (κ3) is 3.25. The summed E-state index contributed by atoms with van der Waals surface area (Å²) in [6.07, 6.45) is 2.29. The number of halogens is 2. The highest BCUT2D eigenvalue weighted by molar-refractivity contribution is 5.91. The number of ether oxygens (including phenoxy) is 1. The minimum Gasteiger partial charge on any atom is -0.435 e. The third-order valence-corrected chi connectivity index (χ3v) is 4.20. The lowest BCUT2D eigenvalue weighted by Crippen LogP contribution is -2.53. The highest BCUT2D eigenvalue weighted by Gasteiger charge is 2.43. The van der Waals surface area contributed by atoms with Crippen molar-refractivity contribution >= 4 is 11.8 Å². The van der Waals surface area contributed by atoms with E-state index in [1.54, 1.807) is 12.1 Å². The van der Waals surface area contributed by atoms with Crippen molar-refractivity contribution in [2.75, 3.05) is 0 Å². The zero-order valence-electron chi connectivity index (χ0n) is 13.3. The second-order valence-electron chi connectivity index (χ2n) is 6.73. The topological polar surface area (TPSA) is 67.4 Å². The standard InChI is InChI=1S/C17H18F2N2O3/c1-17(2)7-11-13(12(22)8-17)14(21-16(23)20-11)9-3-5-10(6-4-9)24-15(18)19/h3-7,13-15H,8H2,1-2H3,(H2,20,21,23)/t13-,14-/m1/s1. The second-order valence-corrected chi connectivity index (χ2v) is 6.73. The highest BCUT2D eigenvalue weighted by atomic mass is 19.3. The van der Waals surface area contributed by atoms with E-state index in [0.29, 0.717) is 17.7 Å². The van der Waals surface area contributed by atoms with Gasteiger partial charge in [0.2, 0.25) is 0 Å². The summed E-state index contributed by atoms with van der Waals surface area (Å²) >= 11 is 0. The Kier molecular flexibility index (Phi) is 4.03. The van der Waals surface area contributed by atoms with E-state index in [4.69, 9.17) is 0 Å². The van der Waals surface area contributed by atoms with Crippen LogP contribution in [0.1, 0.15) is 31.9 Å². The van der Waals surface area contributed by atoms with Gasteiger partial charge in [0.05, 0.1) is 12.0 Å². The maximum absolute atomic E-state index is 12.6. The van der Waals surface area contributed by atoms with Gasteiger partial charge in [0, 0.05) is 12.1 Å². The normalized spacial score (nSPS) is 25.5. The van der Waals surface area contributed by atoms with Crippen LogP contribution in [-0.2, 0) is 4.79 Å². The van der Waals surface area contributed by atoms with Crippen molar-refractivity contribution in [1.29, 1.82) is 0 Å². The number of Topliss-reactive ketones (excluding diaryl/α,β-unsaturated/α-hetero) is 1. The fourth-order valence-corrected chi connectivity index (χ4v) is 3.30. The first-order valence-electron chi connectivity index (χ1n) is 7.63. The number of urea groups is 1. The molecule has 2 amide bonds. The monoisotopic (exact) mass is 336 g/mol.